The zero-order chi connectivity index (χ0) is 18.2. The maximum absolute atomic E-state index is 11.6. The summed E-state index contributed by atoms with van der Waals surface area (Å²) >= 11 is 1.83. The van der Waals surface area contributed by atoms with Gasteiger partial charge < -0.3 is 16.0 Å². The second-order valence-corrected chi connectivity index (χ2v) is 7.34. The van der Waals surface area contributed by atoms with Gasteiger partial charge in [-0.25, -0.2) is 0 Å². The van der Waals surface area contributed by atoms with Crippen LogP contribution in [-0.2, 0) is 13.0 Å². The molecular weight excluding hydrogens is 332 g/mol. The van der Waals surface area contributed by atoms with Crippen molar-refractivity contribution in [3.63, 3.8) is 0 Å². The molecule has 1 aromatic carbocycles. The minimum Gasteiger partial charge on any atom is -0.355 e. The number of amides is 1. The molecule has 1 amide bonds. The van der Waals surface area contributed by atoms with Gasteiger partial charge in [-0.2, -0.15) is 0 Å². The summed E-state index contributed by atoms with van der Waals surface area (Å²) in [4.78, 5) is 18.5. The summed E-state index contributed by atoms with van der Waals surface area (Å²) in [5.74, 6) is 0.700. The summed E-state index contributed by atoms with van der Waals surface area (Å²) < 4.78 is 0. The lowest BCUT2D eigenvalue weighted by molar-refractivity contribution is 0.0963. The lowest BCUT2D eigenvalue weighted by atomic mass is 10.1. The molecule has 0 saturated heterocycles. The lowest BCUT2D eigenvalue weighted by Crippen LogP contribution is -2.42. The molecule has 0 bridgehead atoms. The van der Waals surface area contributed by atoms with Gasteiger partial charge in [0.25, 0.3) is 5.91 Å². The first-order chi connectivity index (χ1) is 12.0. The zero-order valence-electron chi connectivity index (χ0n) is 15.2. The molecule has 25 heavy (non-hydrogen) atoms. The summed E-state index contributed by atoms with van der Waals surface area (Å²) in [5.41, 5.74) is 1.76. The molecule has 0 aliphatic heterocycles. The van der Waals surface area contributed by atoms with Crippen LogP contribution in [0.3, 0.4) is 0 Å². The number of carbonyl (C=O) groups is 1. The largest absolute Gasteiger partial charge is 0.355 e. The fourth-order valence-corrected chi connectivity index (χ4v) is 3.50. The van der Waals surface area contributed by atoms with E-state index in [4.69, 9.17) is 0 Å². The van der Waals surface area contributed by atoms with E-state index in [0.717, 1.165) is 17.9 Å². The Morgan fingerprint density at radius 2 is 1.92 bits per heavy atom. The van der Waals surface area contributed by atoms with Crippen LogP contribution in [0.5, 0.6) is 0 Å². The SMILES string of the molecule is CN=C(NCc1ccc(C(=O)NC)cc1)NC(C)Cc1ccc(C)s1. The number of hydrogen-bond donors (Lipinski definition) is 3. The summed E-state index contributed by atoms with van der Waals surface area (Å²) in [6.07, 6.45) is 0.972. The second kappa shape index (κ2) is 9.22. The first-order valence-electron chi connectivity index (χ1n) is 8.35. The molecule has 134 valence electrons. The maximum Gasteiger partial charge on any atom is 0.251 e. The normalized spacial score (nSPS) is 12.6. The van der Waals surface area contributed by atoms with E-state index < -0.39 is 0 Å². The number of rotatable bonds is 6. The van der Waals surface area contributed by atoms with Gasteiger partial charge in [-0.15, -0.1) is 11.3 Å². The highest BCUT2D eigenvalue weighted by Crippen LogP contribution is 2.16. The molecule has 0 saturated carbocycles. The van der Waals surface area contributed by atoms with Gasteiger partial charge in [0.15, 0.2) is 5.96 Å². The number of benzene rings is 1. The van der Waals surface area contributed by atoms with Crippen molar-refractivity contribution < 1.29 is 4.79 Å². The number of nitrogens with zero attached hydrogens (tertiary/aromatic N) is 1. The highest BCUT2D eigenvalue weighted by molar-refractivity contribution is 7.11. The van der Waals surface area contributed by atoms with Crippen molar-refractivity contribution in [3.05, 3.63) is 57.3 Å². The van der Waals surface area contributed by atoms with E-state index in [9.17, 15) is 4.79 Å². The van der Waals surface area contributed by atoms with Crippen molar-refractivity contribution in [2.45, 2.75) is 32.9 Å². The number of nitrogens with one attached hydrogen (secondary N) is 3. The summed E-state index contributed by atoms with van der Waals surface area (Å²) in [7, 11) is 3.40. The van der Waals surface area contributed by atoms with Gasteiger partial charge in [-0.05, 0) is 43.7 Å². The van der Waals surface area contributed by atoms with Crippen LogP contribution < -0.4 is 16.0 Å². The number of hydrogen-bond acceptors (Lipinski definition) is 3. The van der Waals surface area contributed by atoms with Crippen molar-refractivity contribution in [3.8, 4) is 0 Å². The molecule has 6 heteroatoms. The van der Waals surface area contributed by atoms with Gasteiger partial charge in [0.2, 0.25) is 0 Å². The monoisotopic (exact) mass is 358 g/mol. The van der Waals surface area contributed by atoms with E-state index >= 15 is 0 Å². The van der Waals surface area contributed by atoms with Crippen molar-refractivity contribution in [2.24, 2.45) is 4.99 Å². The molecule has 5 nitrogen and oxygen atoms in total. The highest BCUT2D eigenvalue weighted by Gasteiger charge is 2.08. The van der Waals surface area contributed by atoms with Gasteiger partial charge in [0.05, 0.1) is 0 Å². The molecule has 2 aromatic rings. The van der Waals surface area contributed by atoms with Crippen LogP contribution in [0.15, 0.2) is 41.4 Å². The van der Waals surface area contributed by atoms with Gasteiger partial charge in [-0.3, -0.25) is 9.79 Å². The van der Waals surface area contributed by atoms with Crippen LogP contribution in [0.2, 0.25) is 0 Å². The van der Waals surface area contributed by atoms with Crippen LogP contribution in [0.25, 0.3) is 0 Å². The third-order valence-electron chi connectivity index (χ3n) is 3.81. The third-order valence-corrected chi connectivity index (χ3v) is 4.84. The molecular formula is C19H26N4OS. The molecule has 0 radical (unpaired) electrons. The Bertz CT molecular complexity index is 721. The topological polar surface area (TPSA) is 65.5 Å². The number of aryl methyl sites for hydroxylation is 1. The number of aliphatic imine (C=N–C) groups is 1. The molecule has 3 N–H and O–H groups in total. The predicted molar refractivity (Wildman–Crippen MR) is 105 cm³/mol. The summed E-state index contributed by atoms with van der Waals surface area (Å²) in [5, 5.41) is 9.35. The molecule has 1 atom stereocenters. The maximum atomic E-state index is 11.6. The highest BCUT2D eigenvalue weighted by atomic mass is 32.1. The van der Waals surface area contributed by atoms with E-state index in [1.165, 1.54) is 9.75 Å². The van der Waals surface area contributed by atoms with Crippen LogP contribution >= 0.6 is 11.3 Å². The summed E-state index contributed by atoms with van der Waals surface area (Å²) in [6.45, 7) is 4.93. The van der Waals surface area contributed by atoms with Crippen LogP contribution in [-0.4, -0.2) is 32.0 Å². The molecule has 1 aromatic heterocycles. The second-order valence-electron chi connectivity index (χ2n) is 5.96. The van der Waals surface area contributed by atoms with E-state index in [0.29, 0.717) is 18.2 Å². The minimum atomic E-state index is -0.0744. The Morgan fingerprint density at radius 1 is 1.20 bits per heavy atom. The van der Waals surface area contributed by atoms with E-state index in [-0.39, 0.29) is 5.91 Å². The van der Waals surface area contributed by atoms with E-state index in [2.05, 4.69) is 46.9 Å². The average Bonchev–Trinajstić information content (AvgIpc) is 3.02. The van der Waals surface area contributed by atoms with Gasteiger partial charge in [0.1, 0.15) is 0 Å². The average molecular weight is 359 g/mol. The molecule has 0 aliphatic rings. The van der Waals surface area contributed by atoms with Crippen molar-refractivity contribution >= 4 is 23.2 Å². The fourth-order valence-electron chi connectivity index (χ4n) is 2.48. The Kier molecular flexibility index (Phi) is 7.01. The molecule has 0 spiro atoms. The fraction of sp³-hybridized carbons (Fsp3) is 0.368. The summed E-state index contributed by atoms with van der Waals surface area (Å²) in [6, 6.07) is 12.2. The molecule has 2 rings (SSSR count). The van der Waals surface area contributed by atoms with E-state index in [1.54, 1.807) is 14.1 Å². The standard InChI is InChI=1S/C19H26N4OS/c1-13(11-17-10-5-14(2)25-17)23-19(21-4)22-12-15-6-8-16(9-7-15)18(24)20-3/h5-10,13H,11-12H2,1-4H3,(H,20,24)(H2,21,22,23). The Balaban J connectivity index is 1.84. The van der Waals surface area contributed by atoms with Gasteiger partial charge in [-0.1, -0.05) is 12.1 Å². The Hall–Kier alpha value is -2.34. The van der Waals surface area contributed by atoms with Crippen LogP contribution in [0.1, 0.15) is 32.6 Å². The smallest absolute Gasteiger partial charge is 0.251 e. The molecule has 0 aliphatic carbocycles. The Morgan fingerprint density at radius 3 is 2.48 bits per heavy atom. The van der Waals surface area contributed by atoms with Gasteiger partial charge in [0, 0.05) is 48.4 Å². The third kappa shape index (κ3) is 5.90. The minimum absolute atomic E-state index is 0.0744. The molecule has 0 fully saturated rings. The quantitative estimate of drug-likeness (QED) is 0.549. The zero-order valence-corrected chi connectivity index (χ0v) is 16.0. The first-order valence-corrected chi connectivity index (χ1v) is 9.17. The van der Waals surface area contributed by atoms with Gasteiger partial charge >= 0.3 is 0 Å². The van der Waals surface area contributed by atoms with Crippen LogP contribution in [0, 0.1) is 6.92 Å². The van der Waals surface area contributed by atoms with Crippen molar-refractivity contribution in [1.29, 1.82) is 0 Å². The first kappa shape index (κ1) is 19.0. The Labute approximate surface area is 153 Å². The molecule has 1 heterocycles. The van der Waals surface area contributed by atoms with Crippen molar-refractivity contribution in [1.82, 2.24) is 16.0 Å². The predicted octanol–water partition coefficient (Wildman–Crippen LogP) is 2.71. The van der Waals surface area contributed by atoms with Crippen molar-refractivity contribution in [2.75, 3.05) is 14.1 Å². The molecule has 1 unspecified atom stereocenters. The van der Waals surface area contributed by atoms with Crippen LogP contribution in [0.4, 0.5) is 0 Å². The number of carbonyl (C=O) groups excluding carboxylic acids is 1. The van der Waals surface area contributed by atoms with E-state index in [1.807, 2.05) is 35.6 Å². The lowest BCUT2D eigenvalue weighted by Gasteiger charge is -2.17. The number of guanidine groups is 1. The number of thiophene rings is 1.